The molecule has 1 aromatic carbocycles. The molecule has 1 aliphatic rings. The predicted octanol–water partition coefficient (Wildman–Crippen LogP) is 1.87. The molecule has 0 aromatic heterocycles. The average Bonchev–Trinajstić information content (AvgIpc) is 2.49. The summed E-state index contributed by atoms with van der Waals surface area (Å²) in [6, 6.07) is 1.92. The summed E-state index contributed by atoms with van der Waals surface area (Å²) < 4.78 is 27.0. The Labute approximate surface area is 121 Å². The van der Waals surface area contributed by atoms with E-state index in [9.17, 15) is 13.6 Å². The Hall–Kier alpha value is -2.18. The first-order valence-electron chi connectivity index (χ1n) is 6.66. The van der Waals surface area contributed by atoms with Crippen LogP contribution in [0, 0.1) is 24.5 Å². The van der Waals surface area contributed by atoms with E-state index in [2.05, 4.69) is 5.16 Å². The van der Waals surface area contributed by atoms with E-state index in [1.807, 2.05) is 0 Å². The molecule has 1 saturated heterocycles. The van der Waals surface area contributed by atoms with E-state index in [0.717, 1.165) is 0 Å². The minimum atomic E-state index is -0.881. The highest BCUT2D eigenvalue weighted by Gasteiger charge is 2.28. The highest BCUT2D eigenvalue weighted by molar-refractivity contribution is 5.95. The number of carbonyl (C=O) groups excluding carboxylic acids is 1. The van der Waals surface area contributed by atoms with Crippen molar-refractivity contribution in [2.75, 3.05) is 13.1 Å². The van der Waals surface area contributed by atoms with Crippen LogP contribution in [0.1, 0.15) is 28.8 Å². The maximum Gasteiger partial charge on any atom is 0.256 e. The molecule has 114 valence electrons. The van der Waals surface area contributed by atoms with E-state index in [1.54, 1.807) is 0 Å². The van der Waals surface area contributed by atoms with Crippen LogP contribution in [0.15, 0.2) is 17.3 Å². The van der Waals surface area contributed by atoms with Gasteiger partial charge in [-0.25, -0.2) is 8.78 Å². The molecule has 1 atom stereocenters. The summed E-state index contributed by atoms with van der Waals surface area (Å²) in [6.07, 6.45) is 1.37. The number of oxime groups is 1. The van der Waals surface area contributed by atoms with Gasteiger partial charge in [0.1, 0.15) is 17.5 Å². The van der Waals surface area contributed by atoms with Gasteiger partial charge in [-0.3, -0.25) is 4.79 Å². The second kappa shape index (κ2) is 6.07. The molecular weight excluding hydrogens is 280 g/mol. The van der Waals surface area contributed by atoms with Crippen LogP contribution in [0.25, 0.3) is 0 Å². The van der Waals surface area contributed by atoms with Crippen molar-refractivity contribution in [1.82, 2.24) is 4.90 Å². The van der Waals surface area contributed by atoms with Gasteiger partial charge >= 0.3 is 0 Å². The summed E-state index contributed by atoms with van der Waals surface area (Å²) in [5, 5.41) is 11.7. The minimum Gasteiger partial charge on any atom is -0.409 e. The molecule has 5 nitrogen and oxygen atoms in total. The summed E-state index contributed by atoms with van der Waals surface area (Å²) in [5.74, 6) is -2.27. The normalized spacial score (nSPS) is 19.7. The average molecular weight is 297 g/mol. The molecule has 1 amide bonds. The Morgan fingerprint density at radius 2 is 2.14 bits per heavy atom. The van der Waals surface area contributed by atoms with Crippen LogP contribution in [0.5, 0.6) is 0 Å². The highest BCUT2D eigenvalue weighted by Crippen LogP contribution is 2.21. The highest BCUT2D eigenvalue weighted by atomic mass is 19.1. The zero-order valence-corrected chi connectivity index (χ0v) is 11.6. The summed E-state index contributed by atoms with van der Waals surface area (Å²) in [4.78, 5) is 13.8. The molecular formula is C14H17F2N3O2. The van der Waals surface area contributed by atoms with Crippen molar-refractivity contribution in [2.45, 2.75) is 19.8 Å². The van der Waals surface area contributed by atoms with Gasteiger partial charge < -0.3 is 15.8 Å². The summed E-state index contributed by atoms with van der Waals surface area (Å²) in [7, 11) is 0. The number of aryl methyl sites for hydroxylation is 1. The van der Waals surface area contributed by atoms with Crippen molar-refractivity contribution in [3.05, 3.63) is 34.9 Å². The number of amides is 1. The van der Waals surface area contributed by atoms with Gasteiger partial charge in [-0.1, -0.05) is 5.16 Å². The van der Waals surface area contributed by atoms with Crippen molar-refractivity contribution >= 4 is 11.7 Å². The van der Waals surface area contributed by atoms with E-state index in [0.29, 0.717) is 25.5 Å². The molecule has 0 radical (unpaired) electrons. The van der Waals surface area contributed by atoms with Crippen molar-refractivity contribution in [1.29, 1.82) is 0 Å². The second-order valence-corrected chi connectivity index (χ2v) is 5.20. The first-order valence-corrected chi connectivity index (χ1v) is 6.66. The molecule has 21 heavy (non-hydrogen) atoms. The van der Waals surface area contributed by atoms with Gasteiger partial charge in [-0.05, 0) is 31.4 Å². The van der Waals surface area contributed by atoms with Crippen LogP contribution in [-0.4, -0.2) is 34.9 Å². The number of hydrogen-bond donors (Lipinski definition) is 2. The molecule has 0 spiro atoms. The molecule has 1 aromatic rings. The Morgan fingerprint density at radius 3 is 2.81 bits per heavy atom. The van der Waals surface area contributed by atoms with Crippen molar-refractivity contribution in [2.24, 2.45) is 16.8 Å². The molecule has 7 heteroatoms. The minimum absolute atomic E-state index is 0.0586. The van der Waals surface area contributed by atoms with Crippen LogP contribution in [0.2, 0.25) is 0 Å². The number of carbonyl (C=O) groups is 1. The smallest absolute Gasteiger partial charge is 0.256 e. The first kappa shape index (κ1) is 15.2. The van der Waals surface area contributed by atoms with Gasteiger partial charge in [0.15, 0.2) is 0 Å². The number of nitrogens with two attached hydrogens (primary N) is 1. The second-order valence-electron chi connectivity index (χ2n) is 5.20. The molecule has 1 unspecified atom stereocenters. The van der Waals surface area contributed by atoms with Gasteiger partial charge in [0.05, 0.1) is 5.56 Å². The predicted molar refractivity (Wildman–Crippen MR) is 73.1 cm³/mol. The molecule has 0 aliphatic carbocycles. The molecule has 0 bridgehead atoms. The van der Waals surface area contributed by atoms with E-state index < -0.39 is 17.5 Å². The fourth-order valence-electron chi connectivity index (χ4n) is 2.48. The number of hydrogen-bond acceptors (Lipinski definition) is 3. The number of benzene rings is 1. The third kappa shape index (κ3) is 3.12. The molecule has 1 fully saturated rings. The van der Waals surface area contributed by atoms with Gasteiger partial charge in [-0.15, -0.1) is 0 Å². The lowest BCUT2D eigenvalue weighted by molar-refractivity contribution is 0.0696. The van der Waals surface area contributed by atoms with Crippen LogP contribution in [-0.2, 0) is 0 Å². The first-order chi connectivity index (χ1) is 9.93. The van der Waals surface area contributed by atoms with E-state index in [1.165, 1.54) is 17.9 Å². The van der Waals surface area contributed by atoms with Gasteiger partial charge in [-0.2, -0.15) is 0 Å². The number of piperidine rings is 1. The zero-order valence-electron chi connectivity index (χ0n) is 11.6. The number of halogens is 2. The lowest BCUT2D eigenvalue weighted by Gasteiger charge is -2.32. The number of nitrogens with zero attached hydrogens (tertiary/aromatic N) is 2. The lowest BCUT2D eigenvalue weighted by Crippen LogP contribution is -2.44. The Bertz CT molecular complexity index is 590. The van der Waals surface area contributed by atoms with E-state index in [4.69, 9.17) is 10.9 Å². The monoisotopic (exact) mass is 297 g/mol. The number of likely N-dealkylation sites (tertiary alicyclic amines) is 1. The lowest BCUT2D eigenvalue weighted by atomic mass is 9.96. The van der Waals surface area contributed by atoms with Crippen LogP contribution >= 0.6 is 0 Å². The topological polar surface area (TPSA) is 78.9 Å². The maximum absolute atomic E-state index is 13.8. The number of rotatable bonds is 2. The Balaban J connectivity index is 2.22. The quantitative estimate of drug-likeness (QED) is 0.378. The largest absolute Gasteiger partial charge is 0.409 e. The fraction of sp³-hybridized carbons (Fsp3) is 0.429. The zero-order chi connectivity index (χ0) is 15.6. The van der Waals surface area contributed by atoms with Crippen molar-refractivity contribution < 1.29 is 18.8 Å². The maximum atomic E-state index is 13.8. The van der Waals surface area contributed by atoms with Crippen LogP contribution < -0.4 is 5.73 Å². The molecule has 0 saturated carbocycles. The number of amidine groups is 1. The van der Waals surface area contributed by atoms with Crippen LogP contribution in [0.3, 0.4) is 0 Å². The molecule has 1 aliphatic heterocycles. The summed E-state index contributed by atoms with van der Waals surface area (Å²) >= 11 is 0. The molecule has 2 rings (SSSR count). The summed E-state index contributed by atoms with van der Waals surface area (Å²) in [6.45, 7) is 2.19. The standard InChI is InChI=1S/C14H17F2N3O2/c1-8-5-10(12(16)6-11(8)15)14(20)19-4-2-3-9(7-19)13(17)18-21/h5-6,9,21H,2-4,7H2,1H3,(H2,17,18). The van der Waals surface area contributed by atoms with Gasteiger partial charge in [0, 0.05) is 25.1 Å². The SMILES string of the molecule is Cc1cc(C(=O)N2CCCC(/C(N)=N/O)C2)c(F)cc1F. The molecule has 1 heterocycles. The Morgan fingerprint density at radius 1 is 1.43 bits per heavy atom. The van der Waals surface area contributed by atoms with Crippen molar-refractivity contribution in [3.8, 4) is 0 Å². The van der Waals surface area contributed by atoms with Gasteiger partial charge in [0.2, 0.25) is 0 Å². The summed E-state index contributed by atoms with van der Waals surface area (Å²) in [5.41, 5.74) is 5.62. The van der Waals surface area contributed by atoms with E-state index in [-0.39, 0.29) is 29.4 Å². The van der Waals surface area contributed by atoms with Crippen LogP contribution in [0.4, 0.5) is 8.78 Å². The van der Waals surface area contributed by atoms with E-state index >= 15 is 0 Å². The van der Waals surface area contributed by atoms with Crippen molar-refractivity contribution in [3.63, 3.8) is 0 Å². The fourth-order valence-corrected chi connectivity index (χ4v) is 2.48. The molecule has 3 N–H and O–H groups in total. The third-order valence-corrected chi connectivity index (χ3v) is 3.72. The van der Waals surface area contributed by atoms with Gasteiger partial charge in [0.25, 0.3) is 5.91 Å². The third-order valence-electron chi connectivity index (χ3n) is 3.72. The Kier molecular flexibility index (Phi) is 4.40.